The van der Waals surface area contributed by atoms with Gasteiger partial charge >= 0.3 is 5.97 Å². The maximum Gasteiger partial charge on any atom is 0.328 e. The second-order valence-corrected chi connectivity index (χ2v) is 13.0. The van der Waals surface area contributed by atoms with Crippen LogP contribution in [0.5, 0.6) is 5.75 Å². The topological polar surface area (TPSA) is 117 Å². The summed E-state index contributed by atoms with van der Waals surface area (Å²) in [5.41, 5.74) is 2.21. The number of nitrogens with zero attached hydrogens (tertiary/aromatic N) is 1. The molecule has 5 rings (SSSR count). The molecule has 41 heavy (non-hydrogen) atoms. The molecule has 4 aliphatic carbocycles. The summed E-state index contributed by atoms with van der Waals surface area (Å²) in [7, 11) is 0. The highest BCUT2D eigenvalue weighted by atomic mass is 16.6. The van der Waals surface area contributed by atoms with Crippen LogP contribution < -0.4 is 5.32 Å². The minimum absolute atomic E-state index is 0.00149. The fourth-order valence-electron chi connectivity index (χ4n) is 8.21. The van der Waals surface area contributed by atoms with E-state index < -0.39 is 23.5 Å². The van der Waals surface area contributed by atoms with Crippen LogP contribution in [0, 0.1) is 28.6 Å². The summed E-state index contributed by atoms with van der Waals surface area (Å²) in [4.78, 5) is 30.5. The van der Waals surface area contributed by atoms with Crippen molar-refractivity contribution in [3.63, 3.8) is 0 Å². The van der Waals surface area contributed by atoms with Gasteiger partial charge in [-0.15, -0.1) is 0 Å². The quantitative estimate of drug-likeness (QED) is 0.307. The predicted octanol–water partition coefficient (Wildman–Crippen LogP) is 4.85. The smallest absolute Gasteiger partial charge is 0.328 e. The molecule has 0 bridgehead atoms. The van der Waals surface area contributed by atoms with Gasteiger partial charge in [-0.05, 0) is 105 Å². The van der Waals surface area contributed by atoms with E-state index in [0.717, 1.165) is 44.1 Å². The van der Waals surface area contributed by atoms with Crippen molar-refractivity contribution < 1.29 is 29.4 Å². The van der Waals surface area contributed by atoms with Crippen LogP contribution in [-0.2, 0) is 25.6 Å². The van der Waals surface area contributed by atoms with Crippen molar-refractivity contribution in [1.82, 2.24) is 5.32 Å². The van der Waals surface area contributed by atoms with Gasteiger partial charge in [0.1, 0.15) is 17.5 Å². The fraction of sp³-hybridized carbons (Fsp3) is 0.606. The molecule has 222 valence electrons. The summed E-state index contributed by atoms with van der Waals surface area (Å²) in [6, 6.07) is 5.59. The lowest BCUT2D eigenvalue weighted by atomic mass is 9.47. The van der Waals surface area contributed by atoms with Gasteiger partial charge in [0.25, 0.3) is 5.91 Å². The zero-order valence-corrected chi connectivity index (χ0v) is 24.7. The first kappa shape index (κ1) is 29.4. The number of aliphatic hydroxyl groups is 1. The molecule has 1 amide bonds. The Hall–Kier alpha value is -3.13. The summed E-state index contributed by atoms with van der Waals surface area (Å²) in [6.45, 7) is 8.29. The molecule has 0 saturated heterocycles. The van der Waals surface area contributed by atoms with Crippen LogP contribution in [0.2, 0.25) is 0 Å². The molecule has 0 spiro atoms. The highest BCUT2D eigenvalue weighted by molar-refractivity contribution is 6.05. The molecule has 4 aliphatic rings. The minimum atomic E-state index is -0.878. The third kappa shape index (κ3) is 5.55. The highest BCUT2D eigenvalue weighted by Crippen LogP contribution is 2.66. The molecule has 7 atom stereocenters. The molecule has 1 aromatic rings. The monoisotopic (exact) mass is 564 g/mol. The van der Waals surface area contributed by atoms with Crippen LogP contribution in [-0.4, -0.2) is 52.7 Å². The summed E-state index contributed by atoms with van der Waals surface area (Å²) in [5.74, 6) is 0.852. The maximum atomic E-state index is 12.6. The Kier molecular flexibility index (Phi) is 8.07. The number of carbonyl (C=O) groups is 2. The SMILES string of the molecule is CCOC(=O)[C@H](Cc1ccc(O)cc1)NC(=O)CON=C1C=C[C@@]2(C)C(=C1)CC[C@@H]1[C@H]2CC[C@@]2(C)[C@H]1CC[C@]2(C)O. The number of nitrogens with one attached hydrogen (secondary N) is 1. The lowest BCUT2D eigenvalue weighted by Gasteiger charge is -2.58. The van der Waals surface area contributed by atoms with E-state index in [9.17, 15) is 19.8 Å². The lowest BCUT2D eigenvalue weighted by Crippen LogP contribution is -2.53. The van der Waals surface area contributed by atoms with Crippen LogP contribution in [0.25, 0.3) is 0 Å². The number of rotatable bonds is 8. The van der Waals surface area contributed by atoms with Crippen molar-refractivity contribution in [3.05, 3.63) is 53.6 Å². The van der Waals surface area contributed by atoms with E-state index in [-0.39, 0.29) is 36.2 Å². The molecule has 1 aromatic carbocycles. The molecule has 3 saturated carbocycles. The van der Waals surface area contributed by atoms with Gasteiger partial charge in [-0.25, -0.2) is 4.79 Å². The number of hydrogen-bond donors (Lipinski definition) is 3. The Morgan fingerprint density at radius 1 is 1.10 bits per heavy atom. The van der Waals surface area contributed by atoms with E-state index in [0.29, 0.717) is 23.5 Å². The number of benzene rings is 1. The summed E-state index contributed by atoms with van der Waals surface area (Å²) < 4.78 is 5.14. The number of esters is 1. The van der Waals surface area contributed by atoms with Crippen LogP contribution in [0.15, 0.2) is 53.2 Å². The number of carbonyl (C=O) groups excluding carboxylic acids is 2. The van der Waals surface area contributed by atoms with E-state index in [4.69, 9.17) is 9.57 Å². The van der Waals surface area contributed by atoms with Gasteiger partial charge in [-0.1, -0.05) is 42.8 Å². The molecular formula is C33H44N2O6. The van der Waals surface area contributed by atoms with Crippen molar-refractivity contribution in [3.8, 4) is 5.75 Å². The van der Waals surface area contributed by atoms with E-state index in [1.807, 2.05) is 13.0 Å². The van der Waals surface area contributed by atoms with Crippen LogP contribution in [0.4, 0.5) is 0 Å². The summed E-state index contributed by atoms with van der Waals surface area (Å²) >= 11 is 0. The van der Waals surface area contributed by atoms with Gasteiger partial charge < -0.3 is 25.1 Å². The molecule has 0 radical (unpaired) electrons. The van der Waals surface area contributed by atoms with Crippen molar-refractivity contribution in [2.75, 3.05) is 13.2 Å². The van der Waals surface area contributed by atoms with Gasteiger partial charge in [0.05, 0.1) is 12.2 Å². The normalized spacial score (nSPS) is 35.5. The molecular weight excluding hydrogens is 520 g/mol. The minimum Gasteiger partial charge on any atom is -0.508 e. The molecule has 3 fully saturated rings. The number of aromatic hydroxyl groups is 1. The fourth-order valence-corrected chi connectivity index (χ4v) is 8.21. The second kappa shape index (κ2) is 11.3. The van der Waals surface area contributed by atoms with E-state index in [1.165, 1.54) is 17.7 Å². The lowest BCUT2D eigenvalue weighted by molar-refractivity contribution is -0.147. The molecule has 0 aliphatic heterocycles. The number of phenols is 1. The van der Waals surface area contributed by atoms with Gasteiger partial charge in [0.15, 0.2) is 6.61 Å². The van der Waals surface area contributed by atoms with Gasteiger partial charge in [-0.2, -0.15) is 0 Å². The molecule has 3 N–H and O–H groups in total. The van der Waals surface area contributed by atoms with Gasteiger partial charge in [0, 0.05) is 11.8 Å². The first-order chi connectivity index (χ1) is 19.5. The number of phenolic OH excluding ortho intramolecular Hbond substituents is 1. The van der Waals surface area contributed by atoms with Crippen molar-refractivity contribution in [2.45, 2.75) is 84.3 Å². The Bertz CT molecular complexity index is 1250. The largest absolute Gasteiger partial charge is 0.508 e. The third-order valence-electron chi connectivity index (χ3n) is 10.8. The summed E-state index contributed by atoms with van der Waals surface area (Å²) in [5, 5.41) is 27.6. The van der Waals surface area contributed by atoms with Crippen molar-refractivity contribution in [2.24, 2.45) is 33.7 Å². The maximum absolute atomic E-state index is 12.6. The number of amides is 1. The second-order valence-electron chi connectivity index (χ2n) is 13.0. The standard InChI is InChI=1S/C33H44N2O6/c1-5-40-30(38)28(18-21-6-9-24(36)10-7-21)34-29(37)20-41-35-23-12-15-31(2)22(19-23)8-11-25-26(31)13-16-32(3)27(25)14-17-33(32,4)39/h6-7,9-10,12,15,19,25-28,36,39H,5,8,11,13-14,16-18,20H2,1-4H3,(H,34,37)/t25-,26-,27+,28+,31+,32+,33+/m1/s1. The average molecular weight is 565 g/mol. The molecule has 0 unspecified atom stereocenters. The molecule has 0 aromatic heterocycles. The van der Waals surface area contributed by atoms with Crippen molar-refractivity contribution >= 4 is 17.6 Å². The third-order valence-corrected chi connectivity index (χ3v) is 10.8. The Labute approximate surface area is 242 Å². The number of oxime groups is 1. The average Bonchev–Trinajstić information content (AvgIpc) is 3.18. The summed E-state index contributed by atoms with van der Waals surface area (Å²) in [6.07, 6.45) is 12.9. The van der Waals surface area contributed by atoms with Crippen LogP contribution in [0.3, 0.4) is 0 Å². The first-order valence-corrected chi connectivity index (χ1v) is 15.0. The predicted molar refractivity (Wildman–Crippen MR) is 156 cm³/mol. The first-order valence-electron chi connectivity index (χ1n) is 15.0. The number of ether oxygens (including phenoxy) is 1. The highest BCUT2D eigenvalue weighted by Gasteiger charge is 2.62. The van der Waals surface area contributed by atoms with Gasteiger partial charge in [-0.3, -0.25) is 4.79 Å². The zero-order valence-electron chi connectivity index (χ0n) is 24.7. The van der Waals surface area contributed by atoms with E-state index >= 15 is 0 Å². The molecule has 8 heteroatoms. The van der Waals surface area contributed by atoms with Crippen molar-refractivity contribution in [1.29, 1.82) is 0 Å². The Morgan fingerprint density at radius 2 is 1.83 bits per heavy atom. The number of hydrogen-bond acceptors (Lipinski definition) is 7. The Morgan fingerprint density at radius 3 is 2.56 bits per heavy atom. The van der Waals surface area contributed by atoms with Crippen LogP contribution in [0.1, 0.15) is 71.8 Å². The Balaban J connectivity index is 1.19. The number of allylic oxidation sites excluding steroid dienone is 4. The van der Waals surface area contributed by atoms with E-state index in [2.05, 4.69) is 36.5 Å². The van der Waals surface area contributed by atoms with Crippen LogP contribution >= 0.6 is 0 Å². The van der Waals surface area contributed by atoms with Gasteiger partial charge in [0.2, 0.25) is 0 Å². The molecule has 8 nitrogen and oxygen atoms in total. The molecule has 0 heterocycles. The zero-order chi connectivity index (χ0) is 29.4. The van der Waals surface area contributed by atoms with E-state index in [1.54, 1.807) is 19.1 Å². The number of fused-ring (bicyclic) bond motifs is 5.